The summed E-state index contributed by atoms with van der Waals surface area (Å²) < 4.78 is 4.75. The van der Waals surface area contributed by atoms with Crippen LogP contribution in [-0.4, -0.2) is 70.8 Å². The second-order valence-corrected chi connectivity index (χ2v) is 15.4. The minimum Gasteiger partial charge on any atom is -0.382 e. The quantitative estimate of drug-likeness (QED) is 0.0906. The Hall–Kier alpha value is -5.77. The third-order valence-electron chi connectivity index (χ3n) is 7.40. The van der Waals surface area contributed by atoms with Gasteiger partial charge in [0.2, 0.25) is 5.91 Å². The van der Waals surface area contributed by atoms with Crippen molar-refractivity contribution in [2.24, 2.45) is 22.9 Å². The number of hydrogen-bond donors (Lipinski definition) is 0. The largest absolute Gasteiger partial charge is 0.382 e. The van der Waals surface area contributed by atoms with Gasteiger partial charge in [0.25, 0.3) is 23.6 Å². The second-order valence-electron chi connectivity index (χ2n) is 15.4. The van der Waals surface area contributed by atoms with Crippen molar-refractivity contribution in [1.82, 2.24) is 9.96 Å². The molecule has 2 aromatic rings. The highest BCUT2D eigenvalue weighted by Gasteiger charge is 2.33. The SMILES string of the molecule is C.C.CC(C)C.CC(C)C(=O)N1Cc2ccccc2C#Cc2ccccc21.CC(C)C(=O)ON1C(=O)CCC1=O.CC(C)N1C(=O)C=CC1=O.CC(C)N=[N+]=[N-].COC(C)C. The maximum Gasteiger partial charge on any atom is 0.335 e. The van der Waals surface area contributed by atoms with E-state index in [4.69, 9.17) is 10.3 Å². The molecule has 5 amide bonds. The number of carbonyl (C=O) groups is 6. The Bertz CT molecular complexity index is 1810. The number of rotatable bonds is 6. The molecule has 0 radical (unpaired) electrons. The van der Waals surface area contributed by atoms with Gasteiger partial charge in [-0.25, -0.2) is 4.79 Å². The van der Waals surface area contributed by atoms with Gasteiger partial charge in [-0.2, -0.15) is 0 Å². The maximum absolute atomic E-state index is 12.6. The zero-order chi connectivity index (χ0) is 45.4. The number of ether oxygens (including phenoxy) is 1. The van der Waals surface area contributed by atoms with Crippen LogP contribution in [0.15, 0.2) is 65.8 Å². The predicted octanol–water partition coefficient (Wildman–Crippen LogP) is 9.84. The minimum absolute atomic E-state index is 0. The number of fused-ring (bicyclic) bond motifs is 2. The number of amides is 5. The highest BCUT2D eigenvalue weighted by molar-refractivity contribution is 6.13. The van der Waals surface area contributed by atoms with Crippen LogP contribution in [0.5, 0.6) is 0 Å². The van der Waals surface area contributed by atoms with Crippen molar-refractivity contribution in [2.45, 2.75) is 142 Å². The third-order valence-corrected chi connectivity index (χ3v) is 7.40. The molecule has 61 heavy (non-hydrogen) atoms. The van der Waals surface area contributed by atoms with Crippen LogP contribution in [0.4, 0.5) is 5.69 Å². The van der Waals surface area contributed by atoms with Gasteiger partial charge in [-0.1, -0.05) is 124 Å². The smallest absolute Gasteiger partial charge is 0.335 e. The van der Waals surface area contributed by atoms with Crippen LogP contribution in [0.3, 0.4) is 0 Å². The number of anilines is 1. The first-order valence-corrected chi connectivity index (χ1v) is 19.8. The number of methoxy groups -OCH3 is 1. The average Bonchev–Trinajstić information content (AvgIpc) is 3.67. The topological polar surface area (TPSA) is 179 Å². The molecule has 0 atom stereocenters. The molecule has 0 unspecified atom stereocenters. The first-order valence-electron chi connectivity index (χ1n) is 19.8. The minimum atomic E-state index is -0.566. The lowest BCUT2D eigenvalue weighted by Crippen LogP contribution is -2.36. The number of benzene rings is 2. The Labute approximate surface area is 365 Å². The molecule has 3 aliphatic rings. The number of hydroxylamine groups is 2. The molecular formula is C47H72N6O8. The van der Waals surface area contributed by atoms with Crippen molar-refractivity contribution in [3.63, 3.8) is 0 Å². The number of imide groups is 2. The van der Waals surface area contributed by atoms with Gasteiger partial charge < -0.3 is 14.5 Å². The molecule has 0 aliphatic carbocycles. The van der Waals surface area contributed by atoms with Crippen LogP contribution in [0.25, 0.3) is 10.4 Å². The molecule has 0 saturated carbocycles. The monoisotopic (exact) mass is 849 g/mol. The van der Waals surface area contributed by atoms with E-state index in [1.165, 1.54) is 17.1 Å². The molecule has 3 aliphatic heterocycles. The normalized spacial score (nSPS) is 13.0. The summed E-state index contributed by atoms with van der Waals surface area (Å²) in [5.74, 6) is 5.12. The lowest BCUT2D eigenvalue weighted by molar-refractivity contribution is -0.199. The van der Waals surface area contributed by atoms with E-state index < -0.39 is 17.8 Å². The lowest BCUT2D eigenvalue weighted by atomic mass is 10.0. The van der Waals surface area contributed by atoms with Gasteiger partial charge in [0.15, 0.2) is 0 Å². The van der Waals surface area contributed by atoms with Gasteiger partial charge in [0.05, 0.1) is 24.3 Å². The molecule has 0 aromatic heterocycles. The lowest BCUT2D eigenvalue weighted by Gasteiger charge is -2.27. The second kappa shape index (κ2) is 31.2. The average molecular weight is 849 g/mol. The Morgan fingerprint density at radius 1 is 0.721 bits per heavy atom. The zero-order valence-electron chi connectivity index (χ0n) is 37.3. The van der Waals surface area contributed by atoms with Crippen molar-refractivity contribution in [3.8, 4) is 11.8 Å². The van der Waals surface area contributed by atoms with E-state index in [0.29, 0.717) is 17.7 Å². The predicted molar refractivity (Wildman–Crippen MR) is 243 cm³/mol. The van der Waals surface area contributed by atoms with Gasteiger partial charge >= 0.3 is 5.97 Å². The Kier molecular flexibility index (Phi) is 30.4. The summed E-state index contributed by atoms with van der Waals surface area (Å²) in [4.78, 5) is 77.5. The fourth-order valence-electron chi connectivity index (χ4n) is 4.37. The number of nitrogens with zero attached hydrogens (tertiary/aromatic N) is 6. The molecule has 338 valence electrons. The van der Waals surface area contributed by atoms with Crippen LogP contribution in [-0.2, 0) is 44.9 Å². The molecule has 0 bridgehead atoms. The number of para-hydroxylation sites is 1. The van der Waals surface area contributed by atoms with Crippen LogP contribution in [0.1, 0.15) is 134 Å². The Morgan fingerprint density at radius 2 is 1.16 bits per heavy atom. The highest BCUT2D eigenvalue weighted by atomic mass is 16.7. The van der Waals surface area contributed by atoms with Crippen LogP contribution in [0.2, 0.25) is 0 Å². The van der Waals surface area contributed by atoms with E-state index in [0.717, 1.165) is 28.3 Å². The summed E-state index contributed by atoms with van der Waals surface area (Å²) in [7, 11) is 1.70. The van der Waals surface area contributed by atoms with Crippen LogP contribution in [0, 0.1) is 29.6 Å². The van der Waals surface area contributed by atoms with Crippen molar-refractivity contribution in [2.75, 3.05) is 12.0 Å². The molecule has 3 heterocycles. The summed E-state index contributed by atoms with van der Waals surface area (Å²) in [5, 5.41) is 3.86. The molecule has 1 saturated heterocycles. The Morgan fingerprint density at radius 3 is 1.54 bits per heavy atom. The Balaban J connectivity index is -0.000000729. The van der Waals surface area contributed by atoms with E-state index in [9.17, 15) is 28.8 Å². The van der Waals surface area contributed by atoms with E-state index in [2.05, 4.69) is 47.5 Å². The molecule has 1 fully saturated rings. The van der Waals surface area contributed by atoms with E-state index in [-0.39, 0.29) is 69.3 Å². The van der Waals surface area contributed by atoms with Gasteiger partial charge in [-0.3, -0.25) is 28.9 Å². The summed E-state index contributed by atoms with van der Waals surface area (Å²) in [6.45, 7) is 25.5. The van der Waals surface area contributed by atoms with Gasteiger partial charge in [0.1, 0.15) is 0 Å². The summed E-state index contributed by atoms with van der Waals surface area (Å²) >= 11 is 0. The first kappa shape index (κ1) is 59.5. The maximum atomic E-state index is 12.6. The molecular weight excluding hydrogens is 777 g/mol. The van der Waals surface area contributed by atoms with Crippen LogP contribution < -0.4 is 4.90 Å². The van der Waals surface area contributed by atoms with E-state index in [1.54, 1.807) is 21.0 Å². The highest BCUT2D eigenvalue weighted by Crippen LogP contribution is 2.26. The van der Waals surface area contributed by atoms with E-state index >= 15 is 0 Å². The van der Waals surface area contributed by atoms with Gasteiger partial charge in [-0.15, -0.1) is 5.06 Å². The standard InChI is InChI=1S/C19H17NO.C8H11NO4.C7H9NO2.C4H10O.C4H10.C3H7N3.2CH4/c1-14(2)19(21)20-13-17-9-4-3-7-15(17)11-12-16-8-5-6-10-18(16)20;1-5(2)8(12)13-9-6(10)3-4-7(9)11;1-5(2)8-6(9)3-4-7(8)10;1-4(2)5-3;1-4(2)3;1-3(2)5-6-4;;/h3-10,14H,13H2,1-2H3;5H,3-4H2,1-2H3;3-5H,1-2H3;4H,1-3H3;4H,1-3H3;3H,1-2H3;2*1H4. The first-order chi connectivity index (χ1) is 27.6. The van der Waals surface area contributed by atoms with E-state index in [1.807, 2.05) is 109 Å². The molecule has 0 spiro atoms. The molecule has 2 aromatic carbocycles. The molecule has 14 heteroatoms. The van der Waals surface area contributed by atoms with Crippen molar-refractivity contribution in [3.05, 3.63) is 87.8 Å². The van der Waals surface area contributed by atoms with Gasteiger partial charge in [0, 0.05) is 66.1 Å². The molecule has 5 rings (SSSR count). The van der Waals surface area contributed by atoms with Crippen molar-refractivity contribution < 1.29 is 38.3 Å². The number of carbonyl (C=O) groups excluding carboxylic acids is 6. The number of azide groups is 1. The molecule has 14 nitrogen and oxygen atoms in total. The van der Waals surface area contributed by atoms with Gasteiger partial charge in [-0.05, 0) is 62.9 Å². The number of hydrogen-bond acceptors (Lipinski definition) is 9. The molecule has 0 N–H and O–H groups in total. The summed E-state index contributed by atoms with van der Waals surface area (Å²) in [5.41, 5.74) is 11.6. The summed E-state index contributed by atoms with van der Waals surface area (Å²) in [6, 6.07) is 15.9. The third kappa shape index (κ3) is 23.0. The summed E-state index contributed by atoms with van der Waals surface area (Å²) in [6.07, 6.45) is 3.23. The fourth-order valence-corrected chi connectivity index (χ4v) is 4.37. The fraction of sp³-hybridized carbons (Fsp3) is 0.532. The van der Waals surface area contributed by atoms with Crippen LogP contribution >= 0.6 is 0 Å². The zero-order valence-corrected chi connectivity index (χ0v) is 37.3. The van der Waals surface area contributed by atoms with Crippen molar-refractivity contribution >= 4 is 41.2 Å². The van der Waals surface area contributed by atoms with Crippen molar-refractivity contribution in [1.29, 1.82) is 0 Å².